The number of amides is 1. The molecule has 0 saturated heterocycles. The van der Waals surface area contributed by atoms with E-state index in [0.29, 0.717) is 10.7 Å². The van der Waals surface area contributed by atoms with Crippen LogP contribution in [-0.4, -0.2) is 32.9 Å². The molecule has 8 heteroatoms. The summed E-state index contributed by atoms with van der Waals surface area (Å²) in [5, 5.41) is 6.49. The van der Waals surface area contributed by atoms with Gasteiger partial charge in [-0.25, -0.2) is 8.42 Å². The number of para-hydroxylation sites is 1. The summed E-state index contributed by atoms with van der Waals surface area (Å²) in [6, 6.07) is 13.5. The van der Waals surface area contributed by atoms with Gasteiger partial charge in [0.05, 0.1) is 21.4 Å². The minimum Gasteiger partial charge on any atom is -0.396 e. The van der Waals surface area contributed by atoms with E-state index < -0.39 is 15.7 Å². The van der Waals surface area contributed by atoms with Crippen LogP contribution in [0.1, 0.15) is 12.0 Å². The van der Waals surface area contributed by atoms with Crippen LogP contribution in [0.15, 0.2) is 58.6 Å². The van der Waals surface area contributed by atoms with E-state index in [1.54, 1.807) is 48.5 Å². The van der Waals surface area contributed by atoms with Crippen molar-refractivity contribution in [3.63, 3.8) is 0 Å². The summed E-state index contributed by atoms with van der Waals surface area (Å²) in [6.07, 6.45) is 1.23. The van der Waals surface area contributed by atoms with Crippen molar-refractivity contribution in [2.75, 3.05) is 17.7 Å². The van der Waals surface area contributed by atoms with E-state index in [1.165, 1.54) is 0 Å². The summed E-state index contributed by atoms with van der Waals surface area (Å²) in [5.74, 6) is -0.553. The van der Waals surface area contributed by atoms with E-state index in [1.807, 2.05) is 6.92 Å². The van der Waals surface area contributed by atoms with E-state index in [2.05, 4.69) is 10.5 Å². The lowest BCUT2D eigenvalue weighted by Crippen LogP contribution is -2.13. The fourth-order valence-corrected chi connectivity index (χ4v) is 3.51. The second-order valence-corrected chi connectivity index (χ2v) is 8.04. The Balaban J connectivity index is 1.73. The summed E-state index contributed by atoms with van der Waals surface area (Å²) >= 11 is 5.93. The molecule has 0 aromatic heterocycles. The van der Waals surface area contributed by atoms with Crippen LogP contribution in [0.3, 0.4) is 0 Å². The molecule has 0 heterocycles. The first-order chi connectivity index (χ1) is 12.4. The van der Waals surface area contributed by atoms with Gasteiger partial charge in [0.1, 0.15) is 12.8 Å². The highest BCUT2D eigenvalue weighted by atomic mass is 35.5. The van der Waals surface area contributed by atoms with Gasteiger partial charge in [0.15, 0.2) is 9.84 Å². The highest BCUT2D eigenvalue weighted by molar-refractivity contribution is 7.91. The minimum absolute atomic E-state index is 0.0581. The second kappa shape index (κ2) is 9.35. The summed E-state index contributed by atoms with van der Waals surface area (Å²) in [6.45, 7) is 1.98. The fourth-order valence-electron chi connectivity index (χ4n) is 2.04. The molecule has 1 N–H and O–H groups in total. The van der Waals surface area contributed by atoms with Gasteiger partial charge in [-0.1, -0.05) is 46.6 Å². The first kappa shape index (κ1) is 19.9. The van der Waals surface area contributed by atoms with Crippen LogP contribution in [0, 0.1) is 6.92 Å². The van der Waals surface area contributed by atoms with Gasteiger partial charge in [0, 0.05) is 0 Å². The Morgan fingerprint density at radius 3 is 2.58 bits per heavy atom. The minimum atomic E-state index is -3.35. The third kappa shape index (κ3) is 6.16. The van der Waals surface area contributed by atoms with Crippen molar-refractivity contribution in [3.05, 3.63) is 59.1 Å². The molecule has 0 atom stereocenters. The zero-order valence-corrected chi connectivity index (χ0v) is 15.8. The average Bonchev–Trinajstić information content (AvgIpc) is 2.60. The van der Waals surface area contributed by atoms with Crippen molar-refractivity contribution >= 4 is 39.2 Å². The number of hydrogen-bond donors (Lipinski definition) is 1. The van der Waals surface area contributed by atoms with Gasteiger partial charge in [-0.2, -0.15) is 0 Å². The Morgan fingerprint density at radius 1 is 1.19 bits per heavy atom. The normalized spacial score (nSPS) is 11.5. The fraction of sp³-hybridized carbons (Fsp3) is 0.222. The van der Waals surface area contributed by atoms with Gasteiger partial charge in [-0.05, 0) is 37.6 Å². The molecule has 0 aliphatic carbocycles. The molecule has 0 aliphatic rings. The zero-order valence-electron chi connectivity index (χ0n) is 14.2. The number of hydrogen-bond acceptors (Lipinski definition) is 5. The number of benzene rings is 2. The number of nitrogens with one attached hydrogen (secondary N) is 1. The molecular formula is C18H19ClN2O4S. The summed E-state index contributed by atoms with van der Waals surface area (Å²) in [4.78, 5) is 16.9. The molecule has 0 bridgehead atoms. The molecule has 2 aromatic carbocycles. The van der Waals surface area contributed by atoms with Gasteiger partial charge in [0.25, 0.3) is 5.91 Å². The predicted octanol–water partition coefficient (Wildman–Crippen LogP) is 3.45. The maximum atomic E-state index is 12.1. The highest BCUT2D eigenvalue weighted by Gasteiger charge is 2.13. The number of halogens is 1. The highest BCUT2D eigenvalue weighted by Crippen LogP contribution is 2.19. The number of carbonyl (C=O) groups is 1. The molecule has 0 fully saturated rings. The topological polar surface area (TPSA) is 84.8 Å². The molecule has 0 unspecified atom stereocenters. The molecule has 0 spiro atoms. The molecule has 2 aromatic rings. The molecule has 0 aliphatic heterocycles. The van der Waals surface area contributed by atoms with Crippen molar-refractivity contribution in [2.45, 2.75) is 18.2 Å². The monoisotopic (exact) mass is 394 g/mol. The third-order valence-corrected chi connectivity index (χ3v) is 5.55. The number of carbonyl (C=O) groups excluding carboxylic acids is 1. The van der Waals surface area contributed by atoms with Crippen molar-refractivity contribution < 1.29 is 18.0 Å². The number of oxime groups is 1. The smallest absolute Gasteiger partial charge is 0.270 e. The first-order valence-electron chi connectivity index (χ1n) is 7.89. The van der Waals surface area contributed by atoms with E-state index in [4.69, 9.17) is 16.4 Å². The maximum absolute atomic E-state index is 12.1. The molecule has 138 valence electrons. The Hall–Kier alpha value is -2.38. The molecule has 0 saturated carbocycles. The van der Waals surface area contributed by atoms with Gasteiger partial charge in [-0.15, -0.1) is 0 Å². The van der Waals surface area contributed by atoms with Crippen LogP contribution in [-0.2, 0) is 19.5 Å². The summed E-state index contributed by atoms with van der Waals surface area (Å²) < 4.78 is 24.3. The molecule has 0 radical (unpaired) electrons. The van der Waals surface area contributed by atoms with Crippen LogP contribution >= 0.6 is 11.6 Å². The van der Waals surface area contributed by atoms with Crippen LogP contribution < -0.4 is 5.32 Å². The van der Waals surface area contributed by atoms with E-state index >= 15 is 0 Å². The lowest BCUT2D eigenvalue weighted by molar-refractivity contribution is -0.110. The summed E-state index contributed by atoms with van der Waals surface area (Å²) in [5.41, 5.74) is 1.46. The van der Waals surface area contributed by atoms with Gasteiger partial charge in [0.2, 0.25) is 0 Å². The SMILES string of the molecule is Cc1ccc(S(=O)(=O)CCCON=CC(=O)Nc2ccccc2Cl)cc1. The predicted molar refractivity (Wildman–Crippen MR) is 102 cm³/mol. The van der Waals surface area contributed by atoms with Crippen molar-refractivity contribution in [1.82, 2.24) is 0 Å². The molecular weight excluding hydrogens is 376 g/mol. The number of nitrogens with zero attached hydrogens (tertiary/aromatic N) is 1. The van der Waals surface area contributed by atoms with Gasteiger partial charge < -0.3 is 10.2 Å². The number of aryl methyl sites for hydroxylation is 1. The average molecular weight is 395 g/mol. The van der Waals surface area contributed by atoms with Crippen LogP contribution in [0.5, 0.6) is 0 Å². The van der Waals surface area contributed by atoms with E-state index in [9.17, 15) is 13.2 Å². The van der Waals surface area contributed by atoms with Crippen LogP contribution in [0.4, 0.5) is 5.69 Å². The maximum Gasteiger partial charge on any atom is 0.270 e. The standard InChI is InChI=1S/C18H19ClN2O4S/c1-14-7-9-15(10-8-14)26(23,24)12-4-11-25-20-13-18(22)21-17-6-3-2-5-16(17)19/h2-3,5-10,13H,4,11-12H2,1H3,(H,21,22). The number of sulfone groups is 1. The van der Waals surface area contributed by atoms with Gasteiger partial charge in [-0.3, -0.25) is 4.79 Å². The molecule has 2 rings (SSSR count). The van der Waals surface area contributed by atoms with Crippen molar-refractivity contribution in [3.8, 4) is 0 Å². The zero-order chi connectivity index (χ0) is 19.0. The van der Waals surface area contributed by atoms with E-state index in [-0.39, 0.29) is 23.7 Å². The second-order valence-electron chi connectivity index (χ2n) is 5.52. The van der Waals surface area contributed by atoms with Crippen LogP contribution in [0.25, 0.3) is 0 Å². The van der Waals surface area contributed by atoms with Crippen molar-refractivity contribution in [1.29, 1.82) is 0 Å². The molecule has 26 heavy (non-hydrogen) atoms. The summed E-state index contributed by atoms with van der Waals surface area (Å²) in [7, 11) is -3.35. The third-order valence-electron chi connectivity index (χ3n) is 3.41. The molecule has 6 nitrogen and oxygen atoms in total. The first-order valence-corrected chi connectivity index (χ1v) is 9.92. The Kier molecular flexibility index (Phi) is 7.17. The van der Waals surface area contributed by atoms with E-state index in [0.717, 1.165) is 11.8 Å². The Labute approximate surface area is 157 Å². The largest absolute Gasteiger partial charge is 0.396 e. The Morgan fingerprint density at radius 2 is 1.88 bits per heavy atom. The van der Waals surface area contributed by atoms with Crippen molar-refractivity contribution in [2.24, 2.45) is 5.16 Å². The van der Waals surface area contributed by atoms with Crippen LogP contribution in [0.2, 0.25) is 5.02 Å². The lowest BCUT2D eigenvalue weighted by Gasteiger charge is -2.05. The van der Waals surface area contributed by atoms with Gasteiger partial charge >= 0.3 is 0 Å². The lowest BCUT2D eigenvalue weighted by atomic mass is 10.2. The Bertz CT molecular complexity index is 880. The number of rotatable bonds is 8. The number of anilines is 1. The molecule has 1 amide bonds. The quantitative estimate of drug-likeness (QED) is 0.422.